The maximum Gasteiger partial charge on any atom is 0.335 e. The van der Waals surface area contributed by atoms with Gasteiger partial charge in [0.05, 0.1) is 35.5 Å². The molecule has 1 unspecified atom stereocenters. The lowest BCUT2D eigenvalue weighted by molar-refractivity contribution is -0.133. The molecule has 0 spiro atoms. The number of halogens is 2. The summed E-state index contributed by atoms with van der Waals surface area (Å²) < 4.78 is 12.1. The molecule has 2 aromatic carbocycles. The van der Waals surface area contributed by atoms with Gasteiger partial charge in [0, 0.05) is 23.9 Å². The Morgan fingerprint density at radius 2 is 1.87 bits per heavy atom. The molecule has 9 nitrogen and oxygen atoms in total. The third-order valence-electron chi connectivity index (χ3n) is 6.56. The van der Waals surface area contributed by atoms with Crippen molar-refractivity contribution < 1.29 is 29.0 Å². The molecule has 1 fully saturated rings. The molecule has 3 amide bonds. The average Bonchev–Trinajstić information content (AvgIpc) is 3.30. The molecule has 2 aromatic rings. The second-order valence-corrected chi connectivity index (χ2v) is 10.8. The number of carboxylic acids is 1. The second kappa shape index (κ2) is 13.0. The van der Waals surface area contributed by atoms with Crippen molar-refractivity contribution in [1.29, 1.82) is 0 Å². The highest BCUT2D eigenvalue weighted by molar-refractivity contribution is 9.10. The molecular formula is C28H29BrClN3O6. The molecule has 0 saturated carbocycles. The van der Waals surface area contributed by atoms with Gasteiger partial charge in [0.1, 0.15) is 18.1 Å². The van der Waals surface area contributed by atoms with E-state index in [1.54, 1.807) is 29.2 Å². The normalized spacial score (nSPS) is 20.5. The van der Waals surface area contributed by atoms with Gasteiger partial charge in [0.15, 0.2) is 0 Å². The van der Waals surface area contributed by atoms with Crippen LogP contribution in [0.3, 0.4) is 0 Å². The van der Waals surface area contributed by atoms with Crippen LogP contribution in [0.25, 0.3) is 0 Å². The lowest BCUT2D eigenvalue weighted by Gasteiger charge is -2.27. The number of carboxylic acid groups (broad SMARTS) is 1. The molecule has 39 heavy (non-hydrogen) atoms. The highest BCUT2D eigenvalue weighted by atomic mass is 79.9. The number of hydrogen-bond donors (Lipinski definition) is 3. The number of benzene rings is 2. The number of para-hydroxylation sites is 1. The summed E-state index contributed by atoms with van der Waals surface area (Å²) in [6.45, 7) is 0.684. The SMILES string of the molecule is COC1=C(NC(=O)Nc2ccccc2Br)C=CC(CC(=O)N2C[C@@H](Cl)C[C@H]2COc2ccc(C(=O)O)cc2)C1. The number of nitrogens with zero attached hydrogens (tertiary/aromatic N) is 1. The first kappa shape index (κ1) is 28.5. The van der Waals surface area contributed by atoms with E-state index in [4.69, 9.17) is 26.2 Å². The molecule has 0 aromatic heterocycles. The van der Waals surface area contributed by atoms with Gasteiger partial charge in [0.25, 0.3) is 0 Å². The Hall–Kier alpha value is -3.50. The van der Waals surface area contributed by atoms with Crippen molar-refractivity contribution in [3.63, 3.8) is 0 Å². The minimum Gasteiger partial charge on any atom is -0.499 e. The Kier molecular flexibility index (Phi) is 9.53. The van der Waals surface area contributed by atoms with Crippen molar-refractivity contribution in [2.45, 2.75) is 30.7 Å². The number of nitrogens with one attached hydrogen (secondary N) is 2. The van der Waals surface area contributed by atoms with Gasteiger partial charge >= 0.3 is 12.0 Å². The van der Waals surface area contributed by atoms with Gasteiger partial charge in [-0.1, -0.05) is 18.2 Å². The smallest absolute Gasteiger partial charge is 0.335 e. The number of rotatable bonds is 9. The number of hydrogen-bond acceptors (Lipinski definition) is 5. The Labute approximate surface area is 239 Å². The number of allylic oxidation sites excluding steroid dienone is 3. The first-order valence-corrected chi connectivity index (χ1v) is 13.6. The van der Waals surface area contributed by atoms with E-state index in [9.17, 15) is 14.4 Å². The number of aromatic carboxylic acids is 1. The maximum atomic E-state index is 13.3. The van der Waals surface area contributed by atoms with Crippen LogP contribution < -0.4 is 15.4 Å². The van der Waals surface area contributed by atoms with Crippen molar-refractivity contribution in [2.75, 3.05) is 25.6 Å². The Bertz CT molecular complexity index is 1280. The van der Waals surface area contributed by atoms with Crippen LogP contribution >= 0.6 is 27.5 Å². The summed E-state index contributed by atoms with van der Waals surface area (Å²) in [5, 5.41) is 14.5. The number of ether oxygens (including phenoxy) is 2. The number of likely N-dealkylation sites (tertiary alicyclic amines) is 1. The number of methoxy groups -OCH3 is 1. The summed E-state index contributed by atoms with van der Waals surface area (Å²) in [4.78, 5) is 38.6. The third-order valence-corrected chi connectivity index (χ3v) is 7.57. The molecule has 1 aliphatic carbocycles. The summed E-state index contributed by atoms with van der Waals surface area (Å²) >= 11 is 9.81. The summed E-state index contributed by atoms with van der Waals surface area (Å²) in [6.07, 6.45) is 4.98. The molecular weight excluding hydrogens is 590 g/mol. The minimum atomic E-state index is -1.01. The van der Waals surface area contributed by atoms with Gasteiger partial charge in [-0.15, -0.1) is 11.6 Å². The fourth-order valence-electron chi connectivity index (χ4n) is 4.58. The number of urea groups is 1. The minimum absolute atomic E-state index is 0.0406. The molecule has 0 bridgehead atoms. The summed E-state index contributed by atoms with van der Waals surface area (Å²) in [6, 6.07) is 12.8. The van der Waals surface area contributed by atoms with Crippen molar-refractivity contribution in [3.05, 3.63) is 82.2 Å². The predicted molar refractivity (Wildman–Crippen MR) is 151 cm³/mol. The molecule has 1 saturated heterocycles. The fraction of sp³-hybridized carbons (Fsp3) is 0.321. The van der Waals surface area contributed by atoms with E-state index >= 15 is 0 Å². The predicted octanol–water partition coefficient (Wildman–Crippen LogP) is 5.38. The molecule has 3 N–H and O–H groups in total. The van der Waals surface area contributed by atoms with Crippen molar-refractivity contribution in [3.8, 4) is 5.75 Å². The molecule has 3 atom stereocenters. The molecule has 4 rings (SSSR count). The maximum absolute atomic E-state index is 13.3. The molecule has 2 aliphatic rings. The number of alkyl halides is 1. The van der Waals surface area contributed by atoms with Gasteiger partial charge < -0.3 is 30.1 Å². The van der Waals surface area contributed by atoms with E-state index in [1.165, 1.54) is 19.2 Å². The lowest BCUT2D eigenvalue weighted by atomic mass is 9.93. The van der Waals surface area contributed by atoms with Gasteiger partial charge in [-0.05, 0) is 70.7 Å². The third kappa shape index (κ3) is 7.54. The summed E-state index contributed by atoms with van der Waals surface area (Å²) in [5.74, 6) is -0.0444. The number of carbonyl (C=O) groups excluding carboxylic acids is 2. The highest BCUT2D eigenvalue weighted by Gasteiger charge is 2.35. The standard InChI is InChI=1S/C28H29BrClN3O6/c1-38-25-12-17(6-11-24(25)32-28(37)31-23-5-3-2-4-22(23)29)13-26(34)33-15-19(30)14-20(33)16-39-21-9-7-18(8-10-21)27(35)36/h2-11,17,19-20H,12-16H2,1H3,(H,35,36)(H2,31,32,37)/t17?,19-,20-/m0/s1. The largest absolute Gasteiger partial charge is 0.499 e. The van der Waals surface area contributed by atoms with E-state index in [2.05, 4.69) is 26.6 Å². The van der Waals surface area contributed by atoms with E-state index in [0.717, 1.165) is 4.47 Å². The summed E-state index contributed by atoms with van der Waals surface area (Å²) in [5.41, 5.74) is 1.35. The van der Waals surface area contributed by atoms with E-state index in [1.807, 2.05) is 24.3 Å². The van der Waals surface area contributed by atoms with Crippen LogP contribution in [0.2, 0.25) is 0 Å². The molecule has 1 heterocycles. The van der Waals surface area contributed by atoms with Crippen molar-refractivity contribution in [1.82, 2.24) is 10.2 Å². The van der Waals surface area contributed by atoms with Crippen LogP contribution in [-0.4, -0.2) is 59.6 Å². The Morgan fingerprint density at radius 1 is 1.13 bits per heavy atom. The fourth-order valence-corrected chi connectivity index (χ4v) is 5.31. The first-order valence-electron chi connectivity index (χ1n) is 12.4. The molecule has 0 radical (unpaired) electrons. The van der Waals surface area contributed by atoms with Gasteiger partial charge in [-0.3, -0.25) is 4.79 Å². The quantitative estimate of drug-likeness (QED) is 0.325. The van der Waals surface area contributed by atoms with Crippen LogP contribution in [0.4, 0.5) is 10.5 Å². The van der Waals surface area contributed by atoms with Crippen molar-refractivity contribution in [2.24, 2.45) is 5.92 Å². The Morgan fingerprint density at radius 3 is 2.56 bits per heavy atom. The zero-order chi connectivity index (χ0) is 27.9. The van der Waals surface area contributed by atoms with Crippen LogP contribution in [0.5, 0.6) is 5.75 Å². The second-order valence-electron chi connectivity index (χ2n) is 9.30. The van der Waals surface area contributed by atoms with E-state index in [0.29, 0.717) is 42.3 Å². The van der Waals surface area contributed by atoms with Crippen LogP contribution in [-0.2, 0) is 9.53 Å². The molecule has 11 heteroatoms. The Balaban J connectivity index is 1.32. The van der Waals surface area contributed by atoms with Crippen LogP contribution in [0, 0.1) is 5.92 Å². The molecule has 206 valence electrons. The summed E-state index contributed by atoms with van der Waals surface area (Å²) in [7, 11) is 1.54. The van der Waals surface area contributed by atoms with E-state index in [-0.39, 0.29) is 41.8 Å². The first-order chi connectivity index (χ1) is 18.7. The zero-order valence-corrected chi connectivity index (χ0v) is 23.6. The average molecular weight is 619 g/mol. The monoisotopic (exact) mass is 617 g/mol. The van der Waals surface area contributed by atoms with Gasteiger partial charge in [0.2, 0.25) is 5.91 Å². The molecule has 1 aliphatic heterocycles. The number of anilines is 1. The van der Waals surface area contributed by atoms with Crippen LogP contribution in [0.1, 0.15) is 29.6 Å². The van der Waals surface area contributed by atoms with Crippen molar-refractivity contribution >= 4 is 51.1 Å². The van der Waals surface area contributed by atoms with E-state index < -0.39 is 12.0 Å². The van der Waals surface area contributed by atoms with Gasteiger partial charge in [-0.2, -0.15) is 0 Å². The van der Waals surface area contributed by atoms with Gasteiger partial charge in [-0.25, -0.2) is 9.59 Å². The highest BCUT2D eigenvalue weighted by Crippen LogP contribution is 2.30. The lowest BCUT2D eigenvalue weighted by Crippen LogP contribution is -2.40. The number of carbonyl (C=O) groups is 3. The van der Waals surface area contributed by atoms with Crippen LogP contribution in [0.15, 0.2) is 76.6 Å². The topological polar surface area (TPSA) is 117 Å². The number of amides is 3. The zero-order valence-electron chi connectivity index (χ0n) is 21.2.